The van der Waals surface area contributed by atoms with E-state index in [1.165, 1.54) is 5.56 Å². The number of methoxy groups -OCH3 is 2. The van der Waals surface area contributed by atoms with Crippen molar-refractivity contribution >= 4 is 15.9 Å². The van der Waals surface area contributed by atoms with E-state index in [0.29, 0.717) is 12.0 Å². The zero-order valence-corrected chi connectivity index (χ0v) is 13.1. The van der Waals surface area contributed by atoms with Crippen LogP contribution in [0.1, 0.15) is 19.4 Å². The van der Waals surface area contributed by atoms with Crippen LogP contribution in [-0.2, 0) is 6.54 Å². The fourth-order valence-corrected chi connectivity index (χ4v) is 2.16. The van der Waals surface area contributed by atoms with Gasteiger partial charge in [-0.1, -0.05) is 28.9 Å². The van der Waals surface area contributed by atoms with Crippen LogP contribution in [-0.4, -0.2) is 25.6 Å². The SMILES string of the molecule is COc1ccc(CNC(C)C(C)CBr)cc1OC. The third-order valence-corrected chi connectivity index (χ3v) is 4.19. The van der Waals surface area contributed by atoms with Crippen LogP contribution in [0, 0.1) is 5.92 Å². The lowest BCUT2D eigenvalue weighted by Gasteiger charge is -2.19. The van der Waals surface area contributed by atoms with Crippen LogP contribution in [0.25, 0.3) is 0 Å². The Kier molecular flexibility index (Phi) is 6.50. The molecule has 0 saturated heterocycles. The third kappa shape index (κ3) is 4.18. The van der Waals surface area contributed by atoms with E-state index in [-0.39, 0.29) is 0 Å². The van der Waals surface area contributed by atoms with Crippen LogP contribution in [0.15, 0.2) is 18.2 Å². The number of rotatable bonds is 7. The molecule has 1 aromatic rings. The van der Waals surface area contributed by atoms with Crippen molar-refractivity contribution in [1.82, 2.24) is 5.32 Å². The minimum Gasteiger partial charge on any atom is -0.493 e. The largest absolute Gasteiger partial charge is 0.493 e. The zero-order valence-electron chi connectivity index (χ0n) is 11.5. The lowest BCUT2D eigenvalue weighted by Crippen LogP contribution is -2.32. The van der Waals surface area contributed by atoms with Gasteiger partial charge in [0.05, 0.1) is 14.2 Å². The summed E-state index contributed by atoms with van der Waals surface area (Å²) in [7, 11) is 3.31. The molecule has 2 atom stereocenters. The normalized spacial score (nSPS) is 14.1. The summed E-state index contributed by atoms with van der Waals surface area (Å²) in [5, 5.41) is 4.52. The van der Waals surface area contributed by atoms with Gasteiger partial charge in [0.1, 0.15) is 0 Å². The minimum absolute atomic E-state index is 0.470. The molecule has 0 bridgehead atoms. The Morgan fingerprint density at radius 2 is 1.83 bits per heavy atom. The molecule has 0 amide bonds. The van der Waals surface area contributed by atoms with E-state index in [1.54, 1.807) is 14.2 Å². The van der Waals surface area contributed by atoms with Crippen LogP contribution in [0.2, 0.25) is 0 Å². The maximum Gasteiger partial charge on any atom is 0.161 e. The first-order chi connectivity index (χ1) is 8.62. The van der Waals surface area contributed by atoms with Gasteiger partial charge in [-0.2, -0.15) is 0 Å². The number of hydrogen-bond acceptors (Lipinski definition) is 3. The van der Waals surface area contributed by atoms with E-state index >= 15 is 0 Å². The Balaban J connectivity index is 2.63. The second kappa shape index (κ2) is 7.64. The maximum absolute atomic E-state index is 5.29. The van der Waals surface area contributed by atoms with Gasteiger partial charge in [0.25, 0.3) is 0 Å². The van der Waals surface area contributed by atoms with Crippen molar-refractivity contribution in [2.45, 2.75) is 26.4 Å². The van der Waals surface area contributed by atoms with Gasteiger partial charge in [0.15, 0.2) is 11.5 Å². The van der Waals surface area contributed by atoms with Gasteiger partial charge in [-0.25, -0.2) is 0 Å². The highest BCUT2D eigenvalue weighted by atomic mass is 79.9. The smallest absolute Gasteiger partial charge is 0.161 e. The van der Waals surface area contributed by atoms with Crippen molar-refractivity contribution in [3.05, 3.63) is 23.8 Å². The average molecular weight is 316 g/mol. The van der Waals surface area contributed by atoms with Crippen LogP contribution in [0.3, 0.4) is 0 Å². The molecule has 0 saturated carbocycles. The molecule has 0 aliphatic carbocycles. The van der Waals surface area contributed by atoms with E-state index < -0.39 is 0 Å². The fraction of sp³-hybridized carbons (Fsp3) is 0.571. The van der Waals surface area contributed by atoms with E-state index in [1.807, 2.05) is 12.1 Å². The lowest BCUT2D eigenvalue weighted by molar-refractivity contribution is 0.354. The lowest BCUT2D eigenvalue weighted by atomic mass is 10.1. The van der Waals surface area contributed by atoms with Crippen molar-refractivity contribution < 1.29 is 9.47 Å². The number of halogens is 1. The molecule has 1 N–H and O–H groups in total. The van der Waals surface area contributed by atoms with E-state index in [2.05, 4.69) is 41.2 Å². The van der Waals surface area contributed by atoms with Crippen LogP contribution < -0.4 is 14.8 Å². The summed E-state index contributed by atoms with van der Waals surface area (Å²) in [6, 6.07) is 6.48. The number of hydrogen-bond donors (Lipinski definition) is 1. The van der Waals surface area contributed by atoms with Gasteiger partial charge >= 0.3 is 0 Å². The first-order valence-electron chi connectivity index (χ1n) is 6.12. The first kappa shape index (κ1) is 15.3. The topological polar surface area (TPSA) is 30.5 Å². The summed E-state index contributed by atoms with van der Waals surface area (Å²) in [4.78, 5) is 0. The second-order valence-corrected chi connectivity index (χ2v) is 5.14. The van der Waals surface area contributed by atoms with Crippen molar-refractivity contribution in [3.8, 4) is 11.5 Å². The second-order valence-electron chi connectivity index (χ2n) is 4.49. The van der Waals surface area contributed by atoms with Gasteiger partial charge in [-0.15, -0.1) is 0 Å². The van der Waals surface area contributed by atoms with Gasteiger partial charge in [-0.3, -0.25) is 0 Å². The number of benzene rings is 1. The van der Waals surface area contributed by atoms with Gasteiger partial charge < -0.3 is 14.8 Å². The Bertz CT molecular complexity index is 371. The van der Waals surface area contributed by atoms with E-state index in [0.717, 1.165) is 23.4 Å². The molecule has 0 aliphatic rings. The Labute approximate surface area is 118 Å². The molecule has 0 aromatic heterocycles. The summed E-state index contributed by atoms with van der Waals surface area (Å²) >= 11 is 3.51. The Morgan fingerprint density at radius 3 is 2.39 bits per heavy atom. The molecule has 1 aromatic carbocycles. The number of nitrogens with one attached hydrogen (secondary N) is 1. The molecule has 1 rings (SSSR count). The molecule has 0 fully saturated rings. The molecule has 0 aliphatic heterocycles. The molecular weight excluding hydrogens is 294 g/mol. The van der Waals surface area contributed by atoms with Gasteiger partial charge in [0.2, 0.25) is 0 Å². The molecule has 18 heavy (non-hydrogen) atoms. The van der Waals surface area contributed by atoms with E-state index in [9.17, 15) is 0 Å². The standard InChI is InChI=1S/C14H22BrNO2/c1-10(8-15)11(2)16-9-12-5-6-13(17-3)14(7-12)18-4/h5-7,10-11,16H,8-9H2,1-4H3. The highest BCUT2D eigenvalue weighted by molar-refractivity contribution is 9.09. The highest BCUT2D eigenvalue weighted by Crippen LogP contribution is 2.27. The van der Waals surface area contributed by atoms with Gasteiger partial charge in [0, 0.05) is 17.9 Å². The summed E-state index contributed by atoms with van der Waals surface area (Å²) in [5.41, 5.74) is 1.20. The third-order valence-electron chi connectivity index (χ3n) is 3.17. The van der Waals surface area contributed by atoms with Crippen LogP contribution >= 0.6 is 15.9 Å². The van der Waals surface area contributed by atoms with Crippen molar-refractivity contribution in [2.24, 2.45) is 5.92 Å². The minimum atomic E-state index is 0.470. The van der Waals surface area contributed by atoms with Gasteiger partial charge in [-0.05, 0) is 30.5 Å². The molecule has 3 nitrogen and oxygen atoms in total. The van der Waals surface area contributed by atoms with E-state index in [4.69, 9.17) is 9.47 Å². The quantitative estimate of drug-likeness (QED) is 0.784. The van der Waals surface area contributed by atoms with Crippen molar-refractivity contribution in [3.63, 3.8) is 0 Å². The Hall–Kier alpha value is -0.740. The molecule has 4 heteroatoms. The molecular formula is C14H22BrNO2. The summed E-state index contributed by atoms with van der Waals surface area (Å²) in [6.07, 6.45) is 0. The number of ether oxygens (including phenoxy) is 2. The highest BCUT2D eigenvalue weighted by Gasteiger charge is 2.10. The van der Waals surface area contributed by atoms with Crippen molar-refractivity contribution in [2.75, 3.05) is 19.5 Å². The first-order valence-corrected chi connectivity index (χ1v) is 7.24. The predicted octanol–water partition coefficient (Wildman–Crippen LogP) is 3.21. The summed E-state index contributed by atoms with van der Waals surface area (Å²) in [5.74, 6) is 2.14. The molecule has 0 radical (unpaired) electrons. The van der Waals surface area contributed by atoms with Crippen LogP contribution in [0.5, 0.6) is 11.5 Å². The number of alkyl halides is 1. The molecule has 2 unspecified atom stereocenters. The molecule has 102 valence electrons. The zero-order chi connectivity index (χ0) is 13.5. The van der Waals surface area contributed by atoms with Crippen LogP contribution in [0.4, 0.5) is 0 Å². The monoisotopic (exact) mass is 315 g/mol. The maximum atomic E-state index is 5.29. The van der Waals surface area contributed by atoms with Crippen molar-refractivity contribution in [1.29, 1.82) is 0 Å². The summed E-state index contributed by atoms with van der Waals surface area (Å²) in [6.45, 7) is 5.26. The average Bonchev–Trinajstić information content (AvgIpc) is 2.43. The predicted molar refractivity (Wildman–Crippen MR) is 78.8 cm³/mol. The fourth-order valence-electron chi connectivity index (χ4n) is 1.60. The Morgan fingerprint density at radius 1 is 1.17 bits per heavy atom. The summed E-state index contributed by atoms with van der Waals surface area (Å²) < 4.78 is 10.5. The molecule has 0 spiro atoms. The molecule has 0 heterocycles.